The van der Waals surface area contributed by atoms with Gasteiger partial charge in [0.25, 0.3) is 5.91 Å². The lowest BCUT2D eigenvalue weighted by atomic mass is 9.78. The van der Waals surface area contributed by atoms with Crippen LogP contribution < -0.4 is 5.32 Å². The molecule has 1 amide bonds. The topological polar surface area (TPSA) is 67.8 Å². The van der Waals surface area contributed by atoms with Gasteiger partial charge in [0.2, 0.25) is 0 Å². The second-order valence-corrected chi connectivity index (χ2v) is 9.77. The molecular formula is C21H28N2O3S2. The van der Waals surface area contributed by atoms with E-state index >= 15 is 0 Å². The molecule has 1 fully saturated rings. The fraction of sp³-hybridized carbons (Fsp3) is 0.571. The highest BCUT2D eigenvalue weighted by molar-refractivity contribution is 8.38. The van der Waals surface area contributed by atoms with Crippen LogP contribution in [0.25, 0.3) is 0 Å². The standard InChI is InChI=1S/C21H28N2O3S2/c1-14-6-5-9-18(15(14)2)23-19(24)12-26-20(25)17-8-4-3-7-16(17)13-28-21-22-10-11-27-21/h3-4,7-8,14-15,18H,5-6,9-13H2,1-2H3,(H,23,24)/t14-,15+,18-/m0/s1. The van der Waals surface area contributed by atoms with Gasteiger partial charge in [0.15, 0.2) is 6.61 Å². The fourth-order valence-corrected chi connectivity index (χ4v) is 5.64. The molecule has 1 aromatic rings. The first-order valence-electron chi connectivity index (χ1n) is 9.89. The molecule has 7 heteroatoms. The van der Waals surface area contributed by atoms with Gasteiger partial charge >= 0.3 is 5.97 Å². The Labute approximate surface area is 175 Å². The van der Waals surface area contributed by atoms with Gasteiger partial charge in [-0.2, -0.15) is 0 Å². The Bertz CT molecular complexity index is 738. The monoisotopic (exact) mass is 420 g/mol. The zero-order chi connectivity index (χ0) is 19.9. The van der Waals surface area contributed by atoms with Crippen LogP contribution in [0, 0.1) is 11.8 Å². The highest BCUT2D eigenvalue weighted by Crippen LogP contribution is 2.29. The lowest BCUT2D eigenvalue weighted by molar-refractivity contribution is -0.125. The third-order valence-corrected chi connectivity index (χ3v) is 7.83. The maximum atomic E-state index is 12.5. The summed E-state index contributed by atoms with van der Waals surface area (Å²) in [7, 11) is 0. The summed E-state index contributed by atoms with van der Waals surface area (Å²) in [6, 6.07) is 7.58. The van der Waals surface area contributed by atoms with Crippen molar-refractivity contribution in [3.63, 3.8) is 0 Å². The highest BCUT2D eigenvalue weighted by atomic mass is 32.2. The van der Waals surface area contributed by atoms with Crippen molar-refractivity contribution in [2.45, 2.75) is 44.9 Å². The van der Waals surface area contributed by atoms with E-state index in [1.165, 1.54) is 6.42 Å². The SMILES string of the molecule is C[C@H]1[C@@H](NC(=O)COC(=O)c2ccccc2CSC2=NCCS2)CCC[C@@H]1C. The summed E-state index contributed by atoms with van der Waals surface area (Å²) in [6.07, 6.45) is 3.33. The Kier molecular flexibility index (Phi) is 7.85. The first-order chi connectivity index (χ1) is 13.5. The molecule has 2 aliphatic rings. The van der Waals surface area contributed by atoms with Crippen LogP contribution in [0.15, 0.2) is 29.3 Å². The number of ether oxygens (including phenoxy) is 1. The number of thioether (sulfide) groups is 2. The van der Waals surface area contributed by atoms with Gasteiger partial charge < -0.3 is 10.1 Å². The van der Waals surface area contributed by atoms with Crippen LogP contribution in [-0.4, -0.2) is 41.2 Å². The summed E-state index contributed by atoms with van der Waals surface area (Å²) >= 11 is 3.39. The molecule has 0 spiro atoms. The number of hydrogen-bond donors (Lipinski definition) is 1. The van der Waals surface area contributed by atoms with Crippen molar-refractivity contribution in [1.82, 2.24) is 5.32 Å². The van der Waals surface area contributed by atoms with Gasteiger partial charge in [-0.3, -0.25) is 9.79 Å². The molecule has 0 aromatic heterocycles. The molecule has 1 aliphatic heterocycles. The Morgan fingerprint density at radius 1 is 1.29 bits per heavy atom. The number of amides is 1. The van der Waals surface area contributed by atoms with Crippen LogP contribution in [0.3, 0.4) is 0 Å². The molecule has 3 atom stereocenters. The summed E-state index contributed by atoms with van der Waals surface area (Å²) in [5.74, 6) is 2.08. The minimum absolute atomic E-state index is 0.170. The second kappa shape index (κ2) is 10.3. The van der Waals surface area contributed by atoms with E-state index in [2.05, 4.69) is 24.2 Å². The summed E-state index contributed by atoms with van der Waals surface area (Å²) < 4.78 is 6.38. The van der Waals surface area contributed by atoms with Gasteiger partial charge in [-0.15, -0.1) is 0 Å². The van der Waals surface area contributed by atoms with Gasteiger partial charge in [0.05, 0.1) is 12.1 Å². The zero-order valence-corrected chi connectivity index (χ0v) is 18.1. The van der Waals surface area contributed by atoms with Crippen molar-refractivity contribution >= 4 is 39.8 Å². The normalized spacial score (nSPS) is 24.5. The number of carbonyl (C=O) groups excluding carboxylic acids is 2. The van der Waals surface area contributed by atoms with Crippen LogP contribution in [0.5, 0.6) is 0 Å². The van der Waals surface area contributed by atoms with E-state index in [9.17, 15) is 9.59 Å². The molecule has 5 nitrogen and oxygen atoms in total. The van der Waals surface area contributed by atoms with Crippen LogP contribution in [0.4, 0.5) is 0 Å². The summed E-state index contributed by atoms with van der Waals surface area (Å²) in [5.41, 5.74) is 1.42. The van der Waals surface area contributed by atoms with Crippen LogP contribution in [0.2, 0.25) is 0 Å². The number of esters is 1. The number of nitrogens with one attached hydrogen (secondary N) is 1. The van der Waals surface area contributed by atoms with Crippen molar-refractivity contribution < 1.29 is 14.3 Å². The first kappa shape index (κ1) is 21.2. The minimum Gasteiger partial charge on any atom is -0.452 e. The molecule has 1 N–H and O–H groups in total. The number of aliphatic imine (C=N–C) groups is 1. The molecule has 1 aromatic carbocycles. The van der Waals surface area contributed by atoms with E-state index in [1.807, 2.05) is 18.2 Å². The number of rotatable bonds is 6. The lowest BCUT2D eigenvalue weighted by Gasteiger charge is -2.34. The molecule has 28 heavy (non-hydrogen) atoms. The maximum absolute atomic E-state index is 12.5. The number of carbonyl (C=O) groups is 2. The van der Waals surface area contributed by atoms with E-state index < -0.39 is 5.97 Å². The zero-order valence-electron chi connectivity index (χ0n) is 16.5. The van der Waals surface area contributed by atoms with E-state index in [-0.39, 0.29) is 18.6 Å². The molecule has 152 valence electrons. The molecule has 0 unspecified atom stereocenters. The molecule has 0 radical (unpaired) electrons. The molecule has 1 saturated carbocycles. The molecule has 3 rings (SSSR count). The van der Waals surface area contributed by atoms with Crippen molar-refractivity contribution in [3.8, 4) is 0 Å². The maximum Gasteiger partial charge on any atom is 0.338 e. The Balaban J connectivity index is 1.51. The Hall–Kier alpha value is -1.47. The largest absolute Gasteiger partial charge is 0.452 e. The predicted octanol–water partition coefficient (Wildman–Crippen LogP) is 4.12. The van der Waals surface area contributed by atoms with Crippen molar-refractivity contribution in [2.24, 2.45) is 16.8 Å². The van der Waals surface area contributed by atoms with Gasteiger partial charge in [0, 0.05) is 17.5 Å². The minimum atomic E-state index is -0.447. The molecule has 0 saturated heterocycles. The summed E-state index contributed by atoms with van der Waals surface area (Å²) in [5, 5.41) is 3.04. The number of benzene rings is 1. The van der Waals surface area contributed by atoms with Gasteiger partial charge in [-0.1, -0.05) is 68.4 Å². The molecule has 0 bridgehead atoms. The smallest absolute Gasteiger partial charge is 0.338 e. The van der Waals surface area contributed by atoms with Crippen molar-refractivity contribution in [3.05, 3.63) is 35.4 Å². The number of hydrogen-bond acceptors (Lipinski definition) is 6. The summed E-state index contributed by atoms with van der Waals surface area (Å²) in [6.45, 7) is 5.04. The molecule has 1 aliphatic carbocycles. The van der Waals surface area contributed by atoms with Crippen LogP contribution in [0.1, 0.15) is 49.0 Å². The lowest BCUT2D eigenvalue weighted by Crippen LogP contribution is -2.45. The quantitative estimate of drug-likeness (QED) is 0.701. The van der Waals surface area contributed by atoms with Crippen molar-refractivity contribution in [1.29, 1.82) is 0 Å². The van der Waals surface area contributed by atoms with E-state index in [0.717, 1.165) is 35.1 Å². The number of nitrogens with zero attached hydrogens (tertiary/aromatic N) is 1. The van der Waals surface area contributed by atoms with Crippen LogP contribution >= 0.6 is 23.5 Å². The first-order valence-corrected chi connectivity index (χ1v) is 11.9. The third kappa shape index (κ3) is 5.77. The Morgan fingerprint density at radius 2 is 2.11 bits per heavy atom. The second-order valence-electron chi connectivity index (χ2n) is 7.46. The molecular weight excluding hydrogens is 392 g/mol. The van der Waals surface area contributed by atoms with Crippen LogP contribution in [-0.2, 0) is 15.3 Å². The van der Waals surface area contributed by atoms with Gasteiger partial charge in [-0.25, -0.2) is 4.79 Å². The van der Waals surface area contributed by atoms with E-state index in [0.29, 0.717) is 23.2 Å². The highest BCUT2D eigenvalue weighted by Gasteiger charge is 2.28. The van der Waals surface area contributed by atoms with E-state index in [4.69, 9.17) is 4.74 Å². The van der Waals surface area contributed by atoms with Gasteiger partial charge in [-0.05, 0) is 29.9 Å². The average Bonchev–Trinajstić information content (AvgIpc) is 3.22. The van der Waals surface area contributed by atoms with Gasteiger partial charge in [0.1, 0.15) is 4.38 Å². The fourth-order valence-electron chi connectivity index (χ4n) is 3.63. The van der Waals surface area contributed by atoms with Crippen molar-refractivity contribution in [2.75, 3.05) is 18.9 Å². The summed E-state index contributed by atoms with van der Waals surface area (Å²) in [4.78, 5) is 29.2. The molecule has 1 heterocycles. The third-order valence-electron chi connectivity index (χ3n) is 5.53. The predicted molar refractivity (Wildman–Crippen MR) is 117 cm³/mol. The van der Waals surface area contributed by atoms with E-state index in [1.54, 1.807) is 29.6 Å². The average molecular weight is 421 g/mol. The Morgan fingerprint density at radius 3 is 2.89 bits per heavy atom.